The van der Waals surface area contributed by atoms with E-state index in [1.54, 1.807) is 12.4 Å². The van der Waals surface area contributed by atoms with E-state index in [0.717, 1.165) is 33.1 Å². The highest BCUT2D eigenvalue weighted by Gasteiger charge is 2.09. The molecule has 0 aliphatic rings. The van der Waals surface area contributed by atoms with Crippen molar-refractivity contribution in [1.29, 1.82) is 0 Å². The molecule has 5 heteroatoms. The van der Waals surface area contributed by atoms with E-state index in [1.807, 2.05) is 60.0 Å². The van der Waals surface area contributed by atoms with Crippen LogP contribution in [0.15, 0.2) is 84.5 Å². The Hall–Kier alpha value is -3.31. The summed E-state index contributed by atoms with van der Waals surface area (Å²) >= 11 is 1.52. The van der Waals surface area contributed by atoms with Crippen molar-refractivity contribution in [2.24, 2.45) is 0 Å². The molecule has 0 fully saturated rings. The lowest BCUT2D eigenvalue weighted by molar-refractivity contribution is -0.115. The van der Waals surface area contributed by atoms with E-state index in [0.29, 0.717) is 0 Å². The van der Waals surface area contributed by atoms with Gasteiger partial charge in [0.2, 0.25) is 5.91 Å². The molecule has 27 heavy (non-hydrogen) atoms. The molecule has 4 aromatic rings. The highest BCUT2D eigenvalue weighted by molar-refractivity contribution is 7.13. The maximum Gasteiger partial charge on any atom is 0.230 e. The van der Waals surface area contributed by atoms with Crippen molar-refractivity contribution in [2.75, 3.05) is 5.32 Å². The number of hydrogen-bond acceptors (Lipinski definition) is 4. The third kappa shape index (κ3) is 4.27. The number of benzene rings is 2. The van der Waals surface area contributed by atoms with Crippen LogP contribution in [-0.4, -0.2) is 15.9 Å². The van der Waals surface area contributed by atoms with E-state index in [1.165, 1.54) is 11.3 Å². The van der Waals surface area contributed by atoms with Crippen LogP contribution < -0.4 is 5.32 Å². The highest BCUT2D eigenvalue weighted by Crippen LogP contribution is 2.23. The van der Waals surface area contributed by atoms with E-state index in [4.69, 9.17) is 0 Å². The van der Waals surface area contributed by atoms with Gasteiger partial charge in [-0.2, -0.15) is 0 Å². The zero-order valence-corrected chi connectivity index (χ0v) is 15.3. The molecule has 0 saturated heterocycles. The number of pyridine rings is 1. The molecule has 2 aromatic heterocycles. The number of amides is 1. The third-order valence-corrected chi connectivity index (χ3v) is 5.02. The number of nitrogens with one attached hydrogen (secondary N) is 1. The van der Waals surface area contributed by atoms with Crippen LogP contribution in [0.1, 0.15) is 5.69 Å². The maximum absolute atomic E-state index is 12.3. The van der Waals surface area contributed by atoms with E-state index in [2.05, 4.69) is 27.4 Å². The average Bonchev–Trinajstić information content (AvgIpc) is 3.18. The van der Waals surface area contributed by atoms with Crippen LogP contribution in [0.4, 0.5) is 5.69 Å². The van der Waals surface area contributed by atoms with Crippen molar-refractivity contribution in [3.8, 4) is 21.7 Å². The van der Waals surface area contributed by atoms with Gasteiger partial charge in [-0.3, -0.25) is 9.78 Å². The topological polar surface area (TPSA) is 54.9 Å². The van der Waals surface area contributed by atoms with Crippen LogP contribution in [0.3, 0.4) is 0 Å². The average molecular weight is 371 g/mol. The quantitative estimate of drug-likeness (QED) is 0.534. The fraction of sp³-hybridized carbons (Fsp3) is 0.0455. The van der Waals surface area contributed by atoms with Crippen LogP contribution >= 0.6 is 11.3 Å². The van der Waals surface area contributed by atoms with E-state index >= 15 is 0 Å². The van der Waals surface area contributed by atoms with Crippen LogP contribution in [0.25, 0.3) is 21.7 Å². The summed E-state index contributed by atoms with van der Waals surface area (Å²) < 4.78 is 0. The molecule has 2 aromatic carbocycles. The zero-order valence-electron chi connectivity index (χ0n) is 14.5. The van der Waals surface area contributed by atoms with E-state index in [9.17, 15) is 4.79 Å². The second kappa shape index (κ2) is 7.93. The van der Waals surface area contributed by atoms with Crippen LogP contribution in [0.5, 0.6) is 0 Å². The fourth-order valence-electron chi connectivity index (χ4n) is 2.76. The lowest BCUT2D eigenvalue weighted by atomic mass is 10.1. The molecular weight excluding hydrogens is 354 g/mol. The normalized spacial score (nSPS) is 10.5. The predicted octanol–water partition coefficient (Wildman–Crippen LogP) is 5.05. The first-order valence-corrected chi connectivity index (χ1v) is 9.46. The first-order valence-electron chi connectivity index (χ1n) is 8.58. The third-order valence-electron chi connectivity index (χ3n) is 4.08. The van der Waals surface area contributed by atoms with Gasteiger partial charge in [0.1, 0.15) is 5.01 Å². The standard InChI is InChI=1S/C22H17N3OS/c26-21(13-20-15-27-22(25-20)18-7-4-12-23-14-18)24-19-10-8-17(9-11-19)16-5-2-1-3-6-16/h1-12,14-15H,13H2,(H,24,26). The Kier molecular flexibility index (Phi) is 5.03. The highest BCUT2D eigenvalue weighted by atomic mass is 32.1. The minimum Gasteiger partial charge on any atom is -0.326 e. The predicted molar refractivity (Wildman–Crippen MR) is 110 cm³/mol. The summed E-state index contributed by atoms with van der Waals surface area (Å²) in [5.41, 5.74) is 4.78. The van der Waals surface area contributed by atoms with Crippen molar-refractivity contribution in [1.82, 2.24) is 9.97 Å². The van der Waals surface area contributed by atoms with Crippen molar-refractivity contribution >= 4 is 22.9 Å². The number of nitrogens with zero attached hydrogens (tertiary/aromatic N) is 2. The van der Waals surface area contributed by atoms with Crippen molar-refractivity contribution in [3.63, 3.8) is 0 Å². The molecule has 4 nitrogen and oxygen atoms in total. The summed E-state index contributed by atoms with van der Waals surface area (Å²) in [6.07, 6.45) is 3.75. The van der Waals surface area contributed by atoms with Gasteiger partial charge in [-0.1, -0.05) is 42.5 Å². The van der Waals surface area contributed by atoms with Gasteiger partial charge in [-0.05, 0) is 35.4 Å². The number of aromatic nitrogens is 2. The van der Waals surface area contributed by atoms with Gasteiger partial charge in [0, 0.05) is 29.0 Å². The first-order chi connectivity index (χ1) is 13.3. The monoisotopic (exact) mass is 371 g/mol. The van der Waals surface area contributed by atoms with Crippen LogP contribution in [0.2, 0.25) is 0 Å². The molecule has 0 bridgehead atoms. The second-order valence-corrected chi connectivity index (χ2v) is 6.91. The van der Waals surface area contributed by atoms with Gasteiger partial charge < -0.3 is 5.32 Å². The first kappa shape index (κ1) is 17.1. The maximum atomic E-state index is 12.3. The number of anilines is 1. The van der Waals surface area contributed by atoms with Gasteiger partial charge in [-0.15, -0.1) is 11.3 Å². The van der Waals surface area contributed by atoms with Crippen molar-refractivity contribution in [3.05, 3.63) is 90.2 Å². The van der Waals surface area contributed by atoms with Gasteiger partial charge in [-0.25, -0.2) is 4.98 Å². The Morgan fingerprint density at radius 2 is 1.63 bits per heavy atom. The minimum atomic E-state index is -0.0782. The Labute approximate surface area is 161 Å². The number of thiazole rings is 1. The molecule has 0 unspecified atom stereocenters. The van der Waals surface area contributed by atoms with Crippen molar-refractivity contribution < 1.29 is 4.79 Å². The molecule has 0 aliphatic heterocycles. The Bertz CT molecular complexity index is 1030. The number of carbonyl (C=O) groups excluding carboxylic acids is 1. The molecule has 1 N–H and O–H groups in total. The van der Waals surface area contributed by atoms with E-state index < -0.39 is 0 Å². The smallest absolute Gasteiger partial charge is 0.230 e. The molecule has 0 aliphatic carbocycles. The van der Waals surface area contributed by atoms with Gasteiger partial charge in [0.05, 0.1) is 12.1 Å². The summed E-state index contributed by atoms with van der Waals surface area (Å²) in [6, 6.07) is 21.8. The molecule has 0 spiro atoms. The summed E-state index contributed by atoms with van der Waals surface area (Å²) in [6.45, 7) is 0. The zero-order chi connectivity index (χ0) is 18.5. The molecule has 0 saturated carbocycles. The van der Waals surface area contributed by atoms with Crippen LogP contribution in [-0.2, 0) is 11.2 Å². The Balaban J connectivity index is 1.39. The Morgan fingerprint density at radius 1 is 0.889 bits per heavy atom. The summed E-state index contributed by atoms with van der Waals surface area (Å²) in [7, 11) is 0. The lowest BCUT2D eigenvalue weighted by Gasteiger charge is -2.06. The van der Waals surface area contributed by atoms with Crippen LogP contribution in [0, 0.1) is 0 Å². The number of rotatable bonds is 5. The van der Waals surface area contributed by atoms with Gasteiger partial charge in [0.25, 0.3) is 0 Å². The SMILES string of the molecule is O=C(Cc1csc(-c2cccnc2)n1)Nc1ccc(-c2ccccc2)cc1. The molecule has 0 atom stereocenters. The minimum absolute atomic E-state index is 0.0782. The Morgan fingerprint density at radius 3 is 2.37 bits per heavy atom. The molecular formula is C22H17N3OS. The van der Waals surface area contributed by atoms with Gasteiger partial charge in [0.15, 0.2) is 0 Å². The molecule has 0 radical (unpaired) electrons. The second-order valence-electron chi connectivity index (χ2n) is 6.05. The lowest BCUT2D eigenvalue weighted by Crippen LogP contribution is -2.14. The summed E-state index contributed by atoms with van der Waals surface area (Å²) in [4.78, 5) is 21.0. The fourth-order valence-corrected chi connectivity index (χ4v) is 3.57. The number of carbonyl (C=O) groups is 1. The largest absolute Gasteiger partial charge is 0.326 e. The molecule has 2 heterocycles. The summed E-state index contributed by atoms with van der Waals surface area (Å²) in [5.74, 6) is -0.0782. The number of hydrogen-bond donors (Lipinski definition) is 1. The van der Waals surface area contributed by atoms with Crippen molar-refractivity contribution in [2.45, 2.75) is 6.42 Å². The summed E-state index contributed by atoms with van der Waals surface area (Å²) in [5, 5.41) is 5.72. The van der Waals surface area contributed by atoms with E-state index in [-0.39, 0.29) is 12.3 Å². The molecule has 132 valence electrons. The van der Waals surface area contributed by atoms with Gasteiger partial charge >= 0.3 is 0 Å². The molecule has 1 amide bonds. The molecule has 4 rings (SSSR count).